The Balaban J connectivity index is 3.86. The highest BCUT2D eigenvalue weighted by molar-refractivity contribution is 4.80. The lowest BCUT2D eigenvalue weighted by molar-refractivity contribution is -0.894. The van der Waals surface area contributed by atoms with Gasteiger partial charge in [-0.2, -0.15) is 0 Å². The van der Waals surface area contributed by atoms with Crippen LogP contribution >= 0.6 is 0 Å². The maximum atomic E-state index is 10.1. The van der Waals surface area contributed by atoms with E-state index in [-0.39, 0.29) is 6.54 Å². The van der Waals surface area contributed by atoms with Crippen molar-refractivity contribution in [2.45, 2.75) is 95.5 Å². The van der Waals surface area contributed by atoms with E-state index in [1.165, 1.54) is 57.8 Å². The van der Waals surface area contributed by atoms with Crippen molar-refractivity contribution in [3.63, 3.8) is 0 Å². The Morgan fingerprint density at radius 2 is 1.08 bits per heavy atom. The van der Waals surface area contributed by atoms with Crippen LogP contribution in [0.15, 0.2) is 0 Å². The standard InChI is InChI=1S/C20H44NO5/c1-4-5-6-7-8-9-10-11-12-13-14-21(2,3)15-17(23)19(25)20(26)18(24)16-22/h17-20,22-26H,4-16H2,1-3H3/q+1. The zero-order valence-corrected chi connectivity index (χ0v) is 17.2. The van der Waals surface area contributed by atoms with E-state index in [0.717, 1.165) is 13.0 Å². The van der Waals surface area contributed by atoms with Gasteiger partial charge in [-0.25, -0.2) is 0 Å². The van der Waals surface area contributed by atoms with Gasteiger partial charge < -0.3 is 30.0 Å². The predicted molar refractivity (Wildman–Crippen MR) is 105 cm³/mol. The van der Waals surface area contributed by atoms with E-state index in [0.29, 0.717) is 4.48 Å². The average molecular weight is 379 g/mol. The molecule has 0 saturated heterocycles. The van der Waals surface area contributed by atoms with E-state index in [4.69, 9.17) is 5.11 Å². The molecule has 0 bridgehead atoms. The molecule has 4 unspecified atom stereocenters. The second-order valence-electron chi connectivity index (χ2n) is 8.32. The fourth-order valence-electron chi connectivity index (χ4n) is 3.30. The number of quaternary nitrogens is 1. The minimum atomic E-state index is -1.55. The molecule has 0 heterocycles. The largest absolute Gasteiger partial charge is 0.394 e. The molecule has 0 rings (SSSR count). The van der Waals surface area contributed by atoms with Gasteiger partial charge in [0.25, 0.3) is 0 Å². The molecule has 6 heteroatoms. The monoisotopic (exact) mass is 378 g/mol. The lowest BCUT2D eigenvalue weighted by Crippen LogP contribution is -2.54. The molecular weight excluding hydrogens is 334 g/mol. The maximum Gasteiger partial charge on any atom is 0.131 e. The summed E-state index contributed by atoms with van der Waals surface area (Å²) in [6.07, 6.45) is 7.16. The lowest BCUT2D eigenvalue weighted by atomic mass is 10.0. The number of hydrogen-bond acceptors (Lipinski definition) is 5. The minimum Gasteiger partial charge on any atom is -0.394 e. The maximum absolute atomic E-state index is 10.1. The SMILES string of the molecule is CCCCCCCCCCCC[N+](C)(C)CC(O)C(O)C(O)C(O)CO. The van der Waals surface area contributed by atoms with E-state index >= 15 is 0 Å². The number of unbranched alkanes of at least 4 members (excludes halogenated alkanes) is 9. The number of rotatable bonds is 17. The highest BCUT2D eigenvalue weighted by Gasteiger charge is 2.33. The van der Waals surface area contributed by atoms with Gasteiger partial charge in [0, 0.05) is 0 Å². The molecule has 0 aliphatic heterocycles. The number of hydrogen-bond donors (Lipinski definition) is 5. The van der Waals surface area contributed by atoms with E-state index < -0.39 is 31.0 Å². The molecule has 6 nitrogen and oxygen atoms in total. The van der Waals surface area contributed by atoms with Crippen LogP contribution in [-0.2, 0) is 0 Å². The molecule has 0 aliphatic rings. The van der Waals surface area contributed by atoms with Crippen molar-refractivity contribution in [2.75, 3.05) is 33.8 Å². The first-order chi connectivity index (χ1) is 12.2. The van der Waals surface area contributed by atoms with Crippen LogP contribution in [0.25, 0.3) is 0 Å². The molecule has 0 aliphatic carbocycles. The van der Waals surface area contributed by atoms with Crippen molar-refractivity contribution in [3.8, 4) is 0 Å². The van der Waals surface area contributed by atoms with Crippen molar-refractivity contribution in [3.05, 3.63) is 0 Å². The Morgan fingerprint density at radius 1 is 0.654 bits per heavy atom. The van der Waals surface area contributed by atoms with Crippen LogP contribution in [0.3, 0.4) is 0 Å². The van der Waals surface area contributed by atoms with Gasteiger partial charge >= 0.3 is 0 Å². The van der Waals surface area contributed by atoms with Crippen molar-refractivity contribution >= 4 is 0 Å². The van der Waals surface area contributed by atoms with Crippen molar-refractivity contribution < 1.29 is 30.0 Å². The quantitative estimate of drug-likeness (QED) is 0.195. The summed E-state index contributed by atoms with van der Waals surface area (Å²) in [7, 11) is 3.97. The molecule has 26 heavy (non-hydrogen) atoms. The van der Waals surface area contributed by atoms with Gasteiger partial charge in [-0.05, 0) is 12.8 Å². The van der Waals surface area contributed by atoms with E-state index in [2.05, 4.69) is 6.92 Å². The summed E-state index contributed by atoms with van der Waals surface area (Å²) in [6, 6.07) is 0. The number of aliphatic hydroxyl groups is 5. The Bertz CT molecular complexity index is 327. The van der Waals surface area contributed by atoms with Crippen molar-refractivity contribution in [1.29, 1.82) is 0 Å². The summed E-state index contributed by atoms with van der Waals surface area (Å²) in [5.41, 5.74) is 0. The van der Waals surface area contributed by atoms with E-state index in [9.17, 15) is 20.4 Å². The second kappa shape index (κ2) is 14.8. The summed E-state index contributed by atoms with van der Waals surface area (Å²) in [5.74, 6) is 0. The van der Waals surface area contributed by atoms with Crippen LogP contribution in [0.1, 0.15) is 71.1 Å². The van der Waals surface area contributed by atoms with Crippen LogP contribution in [0.5, 0.6) is 0 Å². The minimum absolute atomic E-state index is 0.286. The Labute approximate surface area is 160 Å². The molecule has 158 valence electrons. The third-order valence-corrected chi connectivity index (χ3v) is 5.12. The highest BCUT2D eigenvalue weighted by atomic mass is 16.4. The third-order valence-electron chi connectivity index (χ3n) is 5.12. The van der Waals surface area contributed by atoms with Gasteiger partial charge in [-0.3, -0.25) is 0 Å². The van der Waals surface area contributed by atoms with Gasteiger partial charge in [0.05, 0.1) is 27.2 Å². The van der Waals surface area contributed by atoms with Crippen molar-refractivity contribution in [2.24, 2.45) is 0 Å². The first kappa shape index (κ1) is 25.8. The Hall–Kier alpha value is -0.240. The fourth-order valence-corrected chi connectivity index (χ4v) is 3.30. The second-order valence-corrected chi connectivity index (χ2v) is 8.32. The summed E-state index contributed by atoms with van der Waals surface area (Å²) in [5, 5.41) is 47.9. The molecule has 0 radical (unpaired) electrons. The Morgan fingerprint density at radius 3 is 1.54 bits per heavy atom. The molecule has 0 aromatic carbocycles. The molecule has 0 amide bonds. The molecule has 0 aromatic rings. The van der Waals surface area contributed by atoms with Crippen LogP contribution in [0, 0.1) is 0 Å². The van der Waals surface area contributed by atoms with E-state index in [1.807, 2.05) is 14.1 Å². The molecule has 0 spiro atoms. The fraction of sp³-hybridized carbons (Fsp3) is 1.00. The summed E-state index contributed by atoms with van der Waals surface area (Å²) in [4.78, 5) is 0. The van der Waals surface area contributed by atoms with Crippen molar-refractivity contribution in [1.82, 2.24) is 0 Å². The molecule has 5 N–H and O–H groups in total. The molecule has 0 aromatic heterocycles. The van der Waals surface area contributed by atoms with Gasteiger partial charge in [0.2, 0.25) is 0 Å². The summed E-state index contributed by atoms with van der Waals surface area (Å²) >= 11 is 0. The summed E-state index contributed by atoms with van der Waals surface area (Å²) < 4.78 is 0.539. The van der Waals surface area contributed by atoms with Crippen LogP contribution in [0.4, 0.5) is 0 Å². The topological polar surface area (TPSA) is 101 Å². The van der Waals surface area contributed by atoms with Crippen LogP contribution in [-0.4, -0.2) is 88.2 Å². The van der Waals surface area contributed by atoms with Crippen LogP contribution in [0.2, 0.25) is 0 Å². The Kier molecular flexibility index (Phi) is 14.6. The van der Waals surface area contributed by atoms with Gasteiger partial charge in [-0.1, -0.05) is 58.3 Å². The lowest BCUT2D eigenvalue weighted by Gasteiger charge is -2.34. The molecule has 0 fully saturated rings. The molecule has 4 atom stereocenters. The van der Waals surface area contributed by atoms with Gasteiger partial charge in [-0.15, -0.1) is 0 Å². The highest BCUT2D eigenvalue weighted by Crippen LogP contribution is 2.13. The first-order valence-electron chi connectivity index (χ1n) is 10.4. The number of nitrogens with zero attached hydrogens (tertiary/aromatic N) is 1. The van der Waals surface area contributed by atoms with E-state index in [1.54, 1.807) is 0 Å². The summed E-state index contributed by atoms with van der Waals surface area (Å²) in [6.45, 7) is 2.76. The van der Waals surface area contributed by atoms with Gasteiger partial charge in [0.1, 0.15) is 31.0 Å². The first-order valence-corrected chi connectivity index (χ1v) is 10.4. The average Bonchev–Trinajstić information content (AvgIpc) is 2.60. The van der Waals surface area contributed by atoms with Crippen LogP contribution < -0.4 is 0 Å². The zero-order chi connectivity index (χ0) is 20.0. The molecule has 0 saturated carbocycles. The third kappa shape index (κ3) is 12.2. The zero-order valence-electron chi connectivity index (χ0n) is 17.2. The van der Waals surface area contributed by atoms with Gasteiger partial charge in [0.15, 0.2) is 0 Å². The smallest absolute Gasteiger partial charge is 0.131 e. The number of aliphatic hydroxyl groups excluding tert-OH is 5. The molecular formula is C20H44NO5+. The number of likely N-dealkylation sites (N-methyl/N-ethyl adjacent to an activating group) is 1. The predicted octanol–water partition coefficient (Wildman–Crippen LogP) is 1.42. The normalized spacial score (nSPS) is 17.1.